The zero-order valence-electron chi connectivity index (χ0n) is 9.83. The average molecular weight is 230 g/mol. The van der Waals surface area contributed by atoms with Crippen LogP contribution in [0, 0.1) is 29.5 Å². The summed E-state index contributed by atoms with van der Waals surface area (Å²) >= 11 is 0. The summed E-state index contributed by atoms with van der Waals surface area (Å²) in [4.78, 5) is 0. The van der Waals surface area contributed by atoms with Crippen molar-refractivity contribution >= 4 is 0 Å². The number of rotatable bonds is 5. The quantitative estimate of drug-likeness (QED) is 0.789. The number of nitrogens with zero attached hydrogens (tertiary/aromatic N) is 1. The van der Waals surface area contributed by atoms with Gasteiger partial charge in [-0.3, -0.25) is 0 Å². The summed E-state index contributed by atoms with van der Waals surface area (Å²) in [5, 5.41) is 11.9. The van der Waals surface area contributed by atoms with Gasteiger partial charge in [0.2, 0.25) is 0 Å². The first-order chi connectivity index (χ1) is 8.22. The fraction of sp³-hybridized carbons (Fsp3) is 0.357. The Morgan fingerprint density at radius 1 is 1.53 bits per heavy atom. The van der Waals surface area contributed by atoms with E-state index in [1.807, 2.05) is 13.0 Å². The molecule has 2 nitrogen and oxygen atoms in total. The monoisotopic (exact) mass is 230 g/mol. The lowest BCUT2D eigenvalue weighted by Gasteiger charge is -2.14. The molecular formula is C14H15FN2. The first kappa shape index (κ1) is 13.2. The van der Waals surface area contributed by atoms with E-state index in [1.54, 1.807) is 12.1 Å². The van der Waals surface area contributed by atoms with Crippen molar-refractivity contribution in [3.63, 3.8) is 0 Å². The van der Waals surface area contributed by atoms with Crippen molar-refractivity contribution in [3.8, 4) is 18.4 Å². The van der Waals surface area contributed by atoms with Crippen molar-refractivity contribution < 1.29 is 4.39 Å². The zero-order valence-corrected chi connectivity index (χ0v) is 9.83. The predicted octanol–water partition coefficient (Wildman–Crippen LogP) is 2.59. The van der Waals surface area contributed by atoms with E-state index in [0.717, 1.165) is 6.42 Å². The Hall–Kier alpha value is -1.84. The van der Waals surface area contributed by atoms with Gasteiger partial charge < -0.3 is 5.32 Å². The summed E-state index contributed by atoms with van der Waals surface area (Å²) in [6.07, 6.45) is 6.76. The molecule has 0 spiro atoms. The summed E-state index contributed by atoms with van der Waals surface area (Å²) < 4.78 is 13.7. The molecule has 1 atom stereocenters. The van der Waals surface area contributed by atoms with Gasteiger partial charge in [-0.25, -0.2) is 4.39 Å². The highest BCUT2D eigenvalue weighted by Crippen LogP contribution is 2.12. The lowest BCUT2D eigenvalue weighted by atomic mass is 10.1. The third-order valence-corrected chi connectivity index (χ3v) is 2.64. The Bertz CT molecular complexity index is 454. The van der Waals surface area contributed by atoms with Crippen LogP contribution in [-0.4, -0.2) is 6.04 Å². The number of terminal acetylenes is 1. The van der Waals surface area contributed by atoms with Gasteiger partial charge in [-0.15, -0.1) is 12.3 Å². The Labute approximate surface area is 101 Å². The molecule has 0 saturated carbocycles. The average Bonchev–Trinajstić information content (AvgIpc) is 2.36. The van der Waals surface area contributed by atoms with Crippen molar-refractivity contribution in [2.45, 2.75) is 32.4 Å². The first-order valence-corrected chi connectivity index (χ1v) is 5.57. The van der Waals surface area contributed by atoms with E-state index in [1.165, 1.54) is 6.07 Å². The van der Waals surface area contributed by atoms with E-state index in [0.29, 0.717) is 18.5 Å². The SMILES string of the molecule is C#CCC(CC)NCc1cccc(C#N)c1F. The van der Waals surface area contributed by atoms with Crippen LogP contribution >= 0.6 is 0 Å². The summed E-state index contributed by atoms with van der Waals surface area (Å²) in [5.41, 5.74) is 0.578. The lowest BCUT2D eigenvalue weighted by molar-refractivity contribution is 0.494. The molecule has 0 aliphatic heterocycles. The minimum absolute atomic E-state index is 0.0781. The summed E-state index contributed by atoms with van der Waals surface area (Å²) in [5.74, 6) is 2.14. The van der Waals surface area contributed by atoms with Crippen molar-refractivity contribution in [2.24, 2.45) is 0 Å². The normalized spacial score (nSPS) is 11.5. The second-order valence-corrected chi connectivity index (χ2v) is 3.78. The van der Waals surface area contributed by atoms with Crippen LogP contribution in [0.15, 0.2) is 18.2 Å². The molecule has 1 aromatic rings. The molecule has 1 N–H and O–H groups in total. The number of halogens is 1. The zero-order chi connectivity index (χ0) is 12.7. The molecule has 0 radical (unpaired) electrons. The number of nitrogens with one attached hydrogen (secondary N) is 1. The second kappa shape index (κ2) is 6.68. The molecule has 1 rings (SSSR count). The topological polar surface area (TPSA) is 35.8 Å². The van der Waals surface area contributed by atoms with Crippen LogP contribution in [0.25, 0.3) is 0 Å². The molecule has 0 saturated heterocycles. The number of hydrogen-bond donors (Lipinski definition) is 1. The van der Waals surface area contributed by atoms with Crippen LogP contribution in [0.4, 0.5) is 4.39 Å². The van der Waals surface area contributed by atoms with Crippen LogP contribution in [0.2, 0.25) is 0 Å². The van der Waals surface area contributed by atoms with Crippen molar-refractivity contribution in [1.29, 1.82) is 5.26 Å². The van der Waals surface area contributed by atoms with Gasteiger partial charge in [0.25, 0.3) is 0 Å². The van der Waals surface area contributed by atoms with E-state index >= 15 is 0 Å². The van der Waals surface area contributed by atoms with E-state index < -0.39 is 5.82 Å². The predicted molar refractivity (Wildman–Crippen MR) is 65.5 cm³/mol. The van der Waals surface area contributed by atoms with Gasteiger partial charge in [0.1, 0.15) is 11.9 Å². The Morgan fingerprint density at radius 2 is 2.29 bits per heavy atom. The third kappa shape index (κ3) is 3.59. The van der Waals surface area contributed by atoms with Gasteiger partial charge in [0, 0.05) is 24.6 Å². The largest absolute Gasteiger partial charge is 0.309 e. The molecule has 0 aliphatic carbocycles. The molecule has 0 aliphatic rings. The standard InChI is InChI=1S/C14H15FN2/c1-3-6-13(4-2)17-10-12-8-5-7-11(9-16)14(12)15/h1,5,7-8,13,17H,4,6,10H2,2H3. The maximum Gasteiger partial charge on any atom is 0.145 e. The molecule has 0 bridgehead atoms. The van der Waals surface area contributed by atoms with Crippen LogP contribution in [0.3, 0.4) is 0 Å². The van der Waals surface area contributed by atoms with E-state index in [2.05, 4.69) is 11.2 Å². The van der Waals surface area contributed by atoms with Gasteiger partial charge in [0.15, 0.2) is 0 Å². The Morgan fingerprint density at radius 3 is 2.88 bits per heavy atom. The van der Waals surface area contributed by atoms with Crippen LogP contribution in [-0.2, 0) is 6.54 Å². The fourth-order valence-electron chi connectivity index (χ4n) is 1.56. The number of hydrogen-bond acceptors (Lipinski definition) is 2. The van der Waals surface area contributed by atoms with Crippen molar-refractivity contribution in [1.82, 2.24) is 5.32 Å². The molecule has 0 amide bonds. The highest BCUT2D eigenvalue weighted by Gasteiger charge is 2.09. The molecule has 0 aromatic heterocycles. The van der Waals surface area contributed by atoms with Crippen molar-refractivity contribution in [3.05, 3.63) is 35.1 Å². The van der Waals surface area contributed by atoms with Gasteiger partial charge in [-0.05, 0) is 12.5 Å². The lowest BCUT2D eigenvalue weighted by Crippen LogP contribution is -2.27. The minimum atomic E-state index is -0.446. The maximum atomic E-state index is 13.7. The molecule has 0 heterocycles. The molecular weight excluding hydrogens is 215 g/mol. The molecule has 0 fully saturated rings. The Balaban J connectivity index is 2.70. The maximum absolute atomic E-state index is 13.7. The van der Waals surface area contributed by atoms with Crippen LogP contribution in [0.1, 0.15) is 30.9 Å². The van der Waals surface area contributed by atoms with Crippen molar-refractivity contribution in [2.75, 3.05) is 0 Å². The summed E-state index contributed by atoms with van der Waals surface area (Å²) in [6, 6.07) is 6.84. The Kier molecular flexibility index (Phi) is 5.20. The van der Waals surface area contributed by atoms with E-state index in [9.17, 15) is 4.39 Å². The van der Waals surface area contributed by atoms with E-state index in [4.69, 9.17) is 11.7 Å². The molecule has 1 unspecified atom stereocenters. The van der Waals surface area contributed by atoms with Gasteiger partial charge >= 0.3 is 0 Å². The highest BCUT2D eigenvalue weighted by molar-refractivity contribution is 5.34. The number of benzene rings is 1. The smallest absolute Gasteiger partial charge is 0.145 e. The molecule has 88 valence electrons. The van der Waals surface area contributed by atoms with Crippen LogP contribution < -0.4 is 5.32 Å². The second-order valence-electron chi connectivity index (χ2n) is 3.78. The van der Waals surface area contributed by atoms with E-state index in [-0.39, 0.29) is 11.6 Å². The first-order valence-electron chi connectivity index (χ1n) is 5.57. The number of nitriles is 1. The molecule has 17 heavy (non-hydrogen) atoms. The summed E-state index contributed by atoms with van der Waals surface area (Å²) in [7, 11) is 0. The summed E-state index contributed by atoms with van der Waals surface area (Å²) in [6.45, 7) is 2.42. The van der Waals surface area contributed by atoms with Gasteiger partial charge in [0.05, 0.1) is 5.56 Å². The highest BCUT2D eigenvalue weighted by atomic mass is 19.1. The molecule has 3 heteroatoms. The van der Waals surface area contributed by atoms with Gasteiger partial charge in [-0.1, -0.05) is 19.1 Å². The molecule has 1 aromatic carbocycles. The van der Waals surface area contributed by atoms with Gasteiger partial charge in [-0.2, -0.15) is 5.26 Å². The fourth-order valence-corrected chi connectivity index (χ4v) is 1.56. The minimum Gasteiger partial charge on any atom is -0.309 e. The van der Waals surface area contributed by atoms with Crippen LogP contribution in [0.5, 0.6) is 0 Å². The third-order valence-electron chi connectivity index (χ3n) is 2.64.